The van der Waals surface area contributed by atoms with E-state index in [4.69, 9.17) is 10.5 Å². The first-order chi connectivity index (χ1) is 7.80. The summed E-state index contributed by atoms with van der Waals surface area (Å²) >= 11 is 0. The van der Waals surface area contributed by atoms with Crippen LogP contribution < -0.4 is 5.73 Å². The van der Waals surface area contributed by atoms with E-state index in [1.165, 1.54) is 6.26 Å². The van der Waals surface area contributed by atoms with E-state index in [1.54, 1.807) is 18.2 Å². The molecule has 96 valence electrons. The van der Waals surface area contributed by atoms with Crippen LogP contribution in [0.15, 0.2) is 29.2 Å². The summed E-state index contributed by atoms with van der Waals surface area (Å²) in [5.74, 6) is 0. The van der Waals surface area contributed by atoms with Crippen molar-refractivity contribution in [3.63, 3.8) is 0 Å². The lowest BCUT2D eigenvalue weighted by Gasteiger charge is -2.15. The molecule has 0 aliphatic carbocycles. The molecule has 0 saturated heterocycles. The molecule has 5 heteroatoms. The maximum Gasteiger partial charge on any atom is 0.175 e. The highest BCUT2D eigenvalue weighted by Gasteiger charge is 2.12. The standard InChI is InChI=1S/C12H19NO3S/c1-9(2)16-8-12(13)10-5-4-6-11(7-10)17(3,14)15/h4-7,9,12H,8,13H2,1-3H3. The molecule has 0 saturated carbocycles. The van der Waals surface area contributed by atoms with Gasteiger partial charge in [-0.05, 0) is 31.5 Å². The van der Waals surface area contributed by atoms with Gasteiger partial charge >= 0.3 is 0 Å². The minimum absolute atomic E-state index is 0.110. The Morgan fingerprint density at radius 3 is 2.53 bits per heavy atom. The van der Waals surface area contributed by atoms with E-state index < -0.39 is 9.84 Å². The quantitative estimate of drug-likeness (QED) is 0.868. The predicted octanol–water partition coefficient (Wildman–Crippen LogP) is 1.51. The number of sulfone groups is 1. The van der Waals surface area contributed by atoms with Gasteiger partial charge in [-0.3, -0.25) is 0 Å². The topological polar surface area (TPSA) is 69.4 Å². The van der Waals surface area contributed by atoms with Crippen molar-refractivity contribution in [2.24, 2.45) is 5.73 Å². The van der Waals surface area contributed by atoms with Crippen molar-refractivity contribution in [1.82, 2.24) is 0 Å². The first-order valence-electron chi connectivity index (χ1n) is 5.48. The molecular formula is C12H19NO3S. The highest BCUT2D eigenvalue weighted by molar-refractivity contribution is 7.90. The Morgan fingerprint density at radius 1 is 1.35 bits per heavy atom. The molecule has 2 N–H and O–H groups in total. The number of rotatable bonds is 5. The monoisotopic (exact) mass is 257 g/mol. The van der Waals surface area contributed by atoms with Crippen molar-refractivity contribution in [3.05, 3.63) is 29.8 Å². The lowest BCUT2D eigenvalue weighted by atomic mass is 10.1. The van der Waals surface area contributed by atoms with Gasteiger partial charge < -0.3 is 10.5 Å². The Kier molecular flexibility index (Phi) is 4.68. The number of hydrogen-bond acceptors (Lipinski definition) is 4. The molecule has 1 atom stereocenters. The molecule has 0 amide bonds. The van der Waals surface area contributed by atoms with Crippen molar-refractivity contribution in [1.29, 1.82) is 0 Å². The van der Waals surface area contributed by atoms with E-state index in [1.807, 2.05) is 19.9 Å². The van der Waals surface area contributed by atoms with Crippen LogP contribution >= 0.6 is 0 Å². The molecule has 4 nitrogen and oxygen atoms in total. The average molecular weight is 257 g/mol. The zero-order valence-electron chi connectivity index (χ0n) is 10.4. The van der Waals surface area contributed by atoms with Crippen LogP contribution in [0.2, 0.25) is 0 Å². The molecule has 0 aliphatic heterocycles. The van der Waals surface area contributed by atoms with Crippen molar-refractivity contribution in [2.75, 3.05) is 12.9 Å². The molecular weight excluding hydrogens is 238 g/mol. The summed E-state index contributed by atoms with van der Waals surface area (Å²) < 4.78 is 28.2. The molecule has 1 aromatic rings. The smallest absolute Gasteiger partial charge is 0.175 e. The Bertz CT molecular complexity index is 468. The predicted molar refractivity (Wildman–Crippen MR) is 67.6 cm³/mol. The van der Waals surface area contributed by atoms with Gasteiger partial charge in [0.05, 0.1) is 23.6 Å². The molecule has 1 unspecified atom stereocenters. The van der Waals surface area contributed by atoms with Gasteiger partial charge in [-0.1, -0.05) is 12.1 Å². The highest BCUT2D eigenvalue weighted by atomic mass is 32.2. The summed E-state index contributed by atoms with van der Waals surface area (Å²) in [5, 5.41) is 0. The number of ether oxygens (including phenoxy) is 1. The Balaban J connectivity index is 2.85. The first kappa shape index (κ1) is 14.2. The van der Waals surface area contributed by atoms with Crippen LogP contribution in [0.1, 0.15) is 25.5 Å². The summed E-state index contributed by atoms with van der Waals surface area (Å²) in [6, 6.07) is 6.36. The van der Waals surface area contributed by atoms with Crippen molar-refractivity contribution in [2.45, 2.75) is 30.9 Å². The summed E-state index contributed by atoms with van der Waals surface area (Å²) in [6.45, 7) is 4.24. The first-order valence-corrected chi connectivity index (χ1v) is 7.37. The van der Waals surface area contributed by atoms with Crippen LogP contribution in [-0.4, -0.2) is 27.4 Å². The van der Waals surface area contributed by atoms with Gasteiger partial charge in [-0.15, -0.1) is 0 Å². The maximum atomic E-state index is 11.4. The minimum Gasteiger partial charge on any atom is -0.377 e. The Hall–Kier alpha value is -0.910. The summed E-state index contributed by atoms with van der Waals surface area (Å²) in [5.41, 5.74) is 6.71. The van der Waals surface area contributed by atoms with Crippen LogP contribution in [0, 0.1) is 0 Å². The highest BCUT2D eigenvalue weighted by Crippen LogP contribution is 2.16. The van der Waals surface area contributed by atoms with Gasteiger partial charge in [-0.25, -0.2) is 8.42 Å². The number of benzene rings is 1. The van der Waals surface area contributed by atoms with E-state index in [-0.39, 0.29) is 17.0 Å². The molecule has 0 aromatic heterocycles. The summed E-state index contributed by atoms with van der Waals surface area (Å²) in [4.78, 5) is 0.287. The third-order valence-corrected chi connectivity index (χ3v) is 3.43. The van der Waals surface area contributed by atoms with Gasteiger partial charge in [0, 0.05) is 6.26 Å². The van der Waals surface area contributed by atoms with Gasteiger partial charge in [0.25, 0.3) is 0 Å². The van der Waals surface area contributed by atoms with Gasteiger partial charge in [0.1, 0.15) is 0 Å². The van der Waals surface area contributed by atoms with Crippen LogP contribution in [0.5, 0.6) is 0 Å². The fourth-order valence-electron chi connectivity index (χ4n) is 1.37. The van der Waals surface area contributed by atoms with E-state index >= 15 is 0 Å². The molecule has 0 fully saturated rings. The molecule has 0 spiro atoms. The second-order valence-corrected chi connectivity index (χ2v) is 6.35. The second kappa shape index (κ2) is 5.62. The Morgan fingerprint density at radius 2 is 2.00 bits per heavy atom. The molecule has 1 rings (SSSR count). The van der Waals surface area contributed by atoms with Crippen LogP contribution in [0.4, 0.5) is 0 Å². The lowest BCUT2D eigenvalue weighted by molar-refractivity contribution is 0.0683. The average Bonchev–Trinajstić information content (AvgIpc) is 2.25. The van der Waals surface area contributed by atoms with Crippen molar-refractivity contribution < 1.29 is 13.2 Å². The van der Waals surface area contributed by atoms with E-state index in [2.05, 4.69) is 0 Å². The normalized spacial score (nSPS) is 13.9. The minimum atomic E-state index is -3.19. The number of nitrogens with two attached hydrogens (primary N) is 1. The zero-order chi connectivity index (χ0) is 13.1. The third kappa shape index (κ3) is 4.46. The van der Waals surface area contributed by atoms with E-state index in [0.717, 1.165) is 5.56 Å². The molecule has 0 radical (unpaired) electrons. The van der Waals surface area contributed by atoms with Crippen LogP contribution in [-0.2, 0) is 14.6 Å². The van der Waals surface area contributed by atoms with Crippen LogP contribution in [0.25, 0.3) is 0 Å². The lowest BCUT2D eigenvalue weighted by Crippen LogP contribution is -2.19. The van der Waals surface area contributed by atoms with Crippen molar-refractivity contribution in [3.8, 4) is 0 Å². The number of hydrogen-bond donors (Lipinski definition) is 1. The molecule has 0 heterocycles. The second-order valence-electron chi connectivity index (χ2n) is 4.33. The largest absolute Gasteiger partial charge is 0.377 e. The van der Waals surface area contributed by atoms with Crippen LogP contribution in [0.3, 0.4) is 0 Å². The molecule has 0 bridgehead atoms. The van der Waals surface area contributed by atoms with Gasteiger partial charge in [-0.2, -0.15) is 0 Å². The SMILES string of the molecule is CC(C)OCC(N)c1cccc(S(C)(=O)=O)c1. The van der Waals surface area contributed by atoms with Gasteiger partial charge in [0.15, 0.2) is 9.84 Å². The summed E-state index contributed by atoms with van der Waals surface area (Å²) in [6.07, 6.45) is 1.29. The fraction of sp³-hybridized carbons (Fsp3) is 0.500. The molecule has 1 aromatic carbocycles. The van der Waals surface area contributed by atoms with Crippen molar-refractivity contribution >= 4 is 9.84 Å². The van der Waals surface area contributed by atoms with E-state index in [9.17, 15) is 8.42 Å². The maximum absolute atomic E-state index is 11.4. The summed E-state index contributed by atoms with van der Waals surface area (Å²) in [7, 11) is -3.19. The third-order valence-electron chi connectivity index (χ3n) is 2.32. The Labute approximate surface area is 103 Å². The zero-order valence-corrected chi connectivity index (χ0v) is 11.2. The fourth-order valence-corrected chi connectivity index (χ4v) is 2.04. The van der Waals surface area contributed by atoms with Gasteiger partial charge in [0.2, 0.25) is 0 Å². The van der Waals surface area contributed by atoms with E-state index in [0.29, 0.717) is 6.61 Å². The molecule has 17 heavy (non-hydrogen) atoms. The molecule has 0 aliphatic rings.